The van der Waals surface area contributed by atoms with Crippen LogP contribution in [0.1, 0.15) is 55.6 Å². The van der Waals surface area contributed by atoms with Crippen LogP contribution in [0.2, 0.25) is 0 Å². The number of carbonyl (C=O) groups excluding carboxylic acids is 3. The first-order valence-corrected chi connectivity index (χ1v) is 10.5. The minimum atomic E-state index is -1.10. The Balaban J connectivity index is 2.44. The highest BCUT2D eigenvalue weighted by molar-refractivity contribution is 6.03. The highest BCUT2D eigenvalue weighted by Crippen LogP contribution is 2.28. The van der Waals surface area contributed by atoms with Crippen LogP contribution >= 0.6 is 0 Å². The van der Waals surface area contributed by atoms with Crippen LogP contribution in [-0.4, -0.2) is 44.6 Å². The number of hydrogen-bond donors (Lipinski definition) is 4. The van der Waals surface area contributed by atoms with Gasteiger partial charge in [-0.15, -0.1) is 0 Å². The molecule has 0 bridgehead atoms. The third-order valence-corrected chi connectivity index (χ3v) is 5.75. The maximum absolute atomic E-state index is 12.9. The van der Waals surface area contributed by atoms with Gasteiger partial charge >= 0.3 is 11.9 Å². The van der Waals surface area contributed by atoms with E-state index in [2.05, 4.69) is 16.9 Å². The molecule has 176 valence electrons. The molecule has 1 atom stereocenters. The Morgan fingerprint density at radius 2 is 1.73 bits per heavy atom. The molecule has 0 spiro atoms. The molecule has 4 N–H and O–H groups in total. The summed E-state index contributed by atoms with van der Waals surface area (Å²) in [6.45, 7) is 8.44. The molecule has 0 aliphatic carbocycles. The zero-order chi connectivity index (χ0) is 24.9. The summed E-state index contributed by atoms with van der Waals surface area (Å²) in [6.07, 6.45) is 2.71. The van der Waals surface area contributed by atoms with Crippen LogP contribution in [-0.2, 0) is 36.8 Å². The first-order valence-electron chi connectivity index (χ1n) is 10.5. The molecular formula is C24H28N2O7. The number of nitrogens with one attached hydrogen (secondary N) is 2. The van der Waals surface area contributed by atoms with Gasteiger partial charge < -0.3 is 20.5 Å². The van der Waals surface area contributed by atoms with Crippen molar-refractivity contribution in [2.24, 2.45) is 5.92 Å². The molecule has 0 fully saturated rings. The van der Waals surface area contributed by atoms with E-state index in [4.69, 9.17) is 10.2 Å². The second-order valence-corrected chi connectivity index (χ2v) is 8.01. The lowest BCUT2D eigenvalue weighted by Gasteiger charge is -2.12. The van der Waals surface area contributed by atoms with Gasteiger partial charge in [-0.05, 0) is 50.8 Å². The number of H-pyrrole nitrogens is 1. The van der Waals surface area contributed by atoms with Crippen LogP contribution in [0.5, 0.6) is 0 Å². The van der Waals surface area contributed by atoms with Crippen molar-refractivity contribution in [3.05, 3.63) is 52.0 Å². The van der Waals surface area contributed by atoms with Crippen LogP contribution in [0.25, 0.3) is 6.08 Å². The first-order chi connectivity index (χ1) is 15.5. The fraction of sp³-hybridized carbons (Fsp3) is 0.375. The number of rotatable bonds is 12. The van der Waals surface area contributed by atoms with Crippen molar-refractivity contribution in [3.63, 3.8) is 0 Å². The second kappa shape index (κ2) is 10.7. The third kappa shape index (κ3) is 6.15. The number of amides is 1. The number of carbonyl (C=O) groups is 5. The Bertz CT molecular complexity index is 1090. The Hall–Kier alpha value is -3.75. The maximum Gasteiger partial charge on any atom is 0.303 e. The predicted molar refractivity (Wildman–Crippen MR) is 120 cm³/mol. The SMILES string of the molecule is C=CC1=C(C)C(=O)N/C1=C/c1[nH]c(CC(=O)C(CCC(=O)O)C(C)=O)c(CCC(=O)O)c1C. The largest absolute Gasteiger partial charge is 0.481 e. The summed E-state index contributed by atoms with van der Waals surface area (Å²) in [4.78, 5) is 62.0. The summed E-state index contributed by atoms with van der Waals surface area (Å²) < 4.78 is 0. The molecule has 0 radical (unpaired) electrons. The fourth-order valence-electron chi connectivity index (χ4n) is 3.87. The summed E-state index contributed by atoms with van der Waals surface area (Å²) >= 11 is 0. The number of aliphatic carboxylic acids is 2. The van der Waals surface area contributed by atoms with Gasteiger partial charge in [0.05, 0.1) is 11.6 Å². The van der Waals surface area contributed by atoms with E-state index in [0.717, 1.165) is 5.56 Å². The van der Waals surface area contributed by atoms with Gasteiger partial charge in [-0.1, -0.05) is 12.7 Å². The third-order valence-electron chi connectivity index (χ3n) is 5.75. The molecule has 1 amide bonds. The number of aromatic amines is 1. The van der Waals surface area contributed by atoms with E-state index >= 15 is 0 Å². The van der Waals surface area contributed by atoms with Gasteiger partial charge in [-0.3, -0.25) is 24.0 Å². The van der Waals surface area contributed by atoms with Crippen LogP contribution in [0.4, 0.5) is 0 Å². The van der Waals surface area contributed by atoms with Crippen molar-refractivity contribution < 1.29 is 34.2 Å². The van der Waals surface area contributed by atoms with Crippen molar-refractivity contribution in [2.75, 3.05) is 0 Å². The molecule has 9 nitrogen and oxygen atoms in total. The van der Waals surface area contributed by atoms with Crippen molar-refractivity contribution >= 4 is 35.5 Å². The molecule has 33 heavy (non-hydrogen) atoms. The summed E-state index contributed by atoms with van der Waals surface area (Å²) in [5.74, 6) is -4.23. The van der Waals surface area contributed by atoms with Crippen molar-refractivity contribution in [1.29, 1.82) is 0 Å². The van der Waals surface area contributed by atoms with E-state index in [1.54, 1.807) is 26.0 Å². The van der Waals surface area contributed by atoms with Gasteiger partial charge in [0.1, 0.15) is 11.6 Å². The van der Waals surface area contributed by atoms with Gasteiger partial charge in [0.25, 0.3) is 5.91 Å². The topological polar surface area (TPSA) is 154 Å². The summed E-state index contributed by atoms with van der Waals surface area (Å²) in [5.41, 5.74) is 4.11. The molecule has 1 aliphatic rings. The average molecular weight is 456 g/mol. The van der Waals surface area contributed by atoms with Crippen LogP contribution in [0, 0.1) is 12.8 Å². The average Bonchev–Trinajstić information content (AvgIpc) is 3.15. The highest BCUT2D eigenvalue weighted by Gasteiger charge is 2.27. The number of carboxylic acid groups (broad SMARTS) is 2. The quantitative estimate of drug-likeness (QED) is 0.352. The number of allylic oxidation sites excluding steroid dienone is 1. The standard InChI is InChI=1S/C24H28N2O7/c1-5-15-13(3)24(33)26-19(15)10-18-12(2)16(6-8-22(29)30)20(25-18)11-21(28)17(14(4)27)7-9-23(31)32/h5,10,17,25H,1,6-9,11H2,2-4H3,(H,26,33)(H,29,30)(H,31,32)/b19-10+. The summed E-state index contributed by atoms with van der Waals surface area (Å²) in [6, 6.07) is 0. The Morgan fingerprint density at radius 1 is 1.09 bits per heavy atom. The van der Waals surface area contributed by atoms with E-state index in [9.17, 15) is 24.0 Å². The molecule has 1 aliphatic heterocycles. The predicted octanol–water partition coefficient (Wildman–Crippen LogP) is 2.50. The van der Waals surface area contributed by atoms with Crippen LogP contribution < -0.4 is 5.32 Å². The number of aromatic nitrogens is 1. The lowest BCUT2D eigenvalue weighted by atomic mass is 9.90. The smallest absolute Gasteiger partial charge is 0.303 e. The minimum absolute atomic E-state index is 0.0939. The van der Waals surface area contributed by atoms with E-state index in [-0.39, 0.29) is 38.0 Å². The molecule has 0 saturated carbocycles. The zero-order valence-electron chi connectivity index (χ0n) is 18.9. The lowest BCUT2D eigenvalue weighted by Crippen LogP contribution is -2.25. The monoisotopic (exact) mass is 456 g/mol. The summed E-state index contributed by atoms with van der Waals surface area (Å²) in [7, 11) is 0. The second-order valence-electron chi connectivity index (χ2n) is 8.01. The lowest BCUT2D eigenvalue weighted by molar-refractivity contribution is -0.139. The highest BCUT2D eigenvalue weighted by atomic mass is 16.4. The van der Waals surface area contributed by atoms with E-state index < -0.39 is 29.4 Å². The Labute approximate surface area is 191 Å². The van der Waals surface area contributed by atoms with Crippen LogP contribution in [0.15, 0.2) is 29.5 Å². The minimum Gasteiger partial charge on any atom is -0.481 e. The Morgan fingerprint density at radius 3 is 2.27 bits per heavy atom. The molecule has 1 aromatic rings. The maximum atomic E-state index is 12.9. The number of ketones is 2. The van der Waals surface area contributed by atoms with Crippen molar-refractivity contribution in [2.45, 2.75) is 52.9 Å². The molecule has 2 heterocycles. The van der Waals surface area contributed by atoms with E-state index in [1.807, 2.05) is 0 Å². The normalized spacial score (nSPS) is 15.5. The molecular weight excluding hydrogens is 428 g/mol. The van der Waals surface area contributed by atoms with E-state index in [0.29, 0.717) is 33.8 Å². The first kappa shape index (κ1) is 25.5. The van der Waals surface area contributed by atoms with Crippen LogP contribution in [0.3, 0.4) is 0 Å². The molecule has 2 rings (SSSR count). The zero-order valence-corrected chi connectivity index (χ0v) is 18.9. The van der Waals surface area contributed by atoms with Gasteiger partial charge in [-0.2, -0.15) is 0 Å². The number of carboxylic acids is 2. The molecule has 0 saturated heterocycles. The molecule has 1 unspecified atom stereocenters. The fourth-order valence-corrected chi connectivity index (χ4v) is 3.87. The van der Waals surface area contributed by atoms with Gasteiger partial charge in [0, 0.05) is 41.8 Å². The molecule has 0 aromatic carbocycles. The van der Waals surface area contributed by atoms with Crippen molar-refractivity contribution in [1.82, 2.24) is 10.3 Å². The van der Waals surface area contributed by atoms with Crippen molar-refractivity contribution in [3.8, 4) is 0 Å². The van der Waals surface area contributed by atoms with Gasteiger partial charge in [-0.25, -0.2) is 0 Å². The molecule has 1 aromatic heterocycles. The van der Waals surface area contributed by atoms with E-state index in [1.165, 1.54) is 6.92 Å². The number of Topliss-reactive ketones (excluding diaryl/α,β-unsaturated/α-hetero) is 2. The summed E-state index contributed by atoms with van der Waals surface area (Å²) in [5, 5.41) is 20.8. The number of hydrogen-bond acceptors (Lipinski definition) is 5. The van der Waals surface area contributed by atoms with Gasteiger partial charge in [0.2, 0.25) is 0 Å². The van der Waals surface area contributed by atoms with Gasteiger partial charge in [0.15, 0.2) is 0 Å². The Kier molecular flexibility index (Phi) is 8.28. The molecule has 9 heteroatoms.